The summed E-state index contributed by atoms with van der Waals surface area (Å²) in [7, 11) is 1.69. The molecular formula is C13H20N4OS. The van der Waals surface area contributed by atoms with Crippen LogP contribution < -0.4 is 10.2 Å². The lowest BCUT2D eigenvalue weighted by Gasteiger charge is -2.36. The van der Waals surface area contributed by atoms with Crippen LogP contribution in [-0.2, 0) is 4.74 Å². The molecule has 0 unspecified atom stereocenters. The highest BCUT2D eigenvalue weighted by molar-refractivity contribution is 7.80. The molecular weight excluding hydrogens is 260 g/mol. The van der Waals surface area contributed by atoms with Gasteiger partial charge in [0.05, 0.1) is 6.61 Å². The second kappa shape index (κ2) is 7.25. The topological polar surface area (TPSA) is 40.6 Å². The van der Waals surface area contributed by atoms with Gasteiger partial charge in [-0.2, -0.15) is 0 Å². The quantitative estimate of drug-likeness (QED) is 0.647. The summed E-state index contributed by atoms with van der Waals surface area (Å²) in [6.07, 6.45) is 1.83. The fourth-order valence-corrected chi connectivity index (χ4v) is 2.34. The van der Waals surface area contributed by atoms with E-state index >= 15 is 0 Å². The molecule has 0 amide bonds. The van der Waals surface area contributed by atoms with Crippen LogP contribution in [0.4, 0.5) is 5.82 Å². The standard InChI is InChI=1S/C13H20N4OS/c1-18-11-6-15-13(19)17-9-7-16(8-10-17)12-4-2-3-5-14-12/h2-5H,6-11H2,1H3,(H,15,19). The van der Waals surface area contributed by atoms with E-state index in [2.05, 4.69) is 20.1 Å². The van der Waals surface area contributed by atoms with Gasteiger partial charge < -0.3 is 19.9 Å². The van der Waals surface area contributed by atoms with E-state index < -0.39 is 0 Å². The van der Waals surface area contributed by atoms with Gasteiger partial charge >= 0.3 is 0 Å². The largest absolute Gasteiger partial charge is 0.383 e. The minimum Gasteiger partial charge on any atom is -0.383 e. The molecule has 104 valence electrons. The van der Waals surface area contributed by atoms with Crippen molar-refractivity contribution < 1.29 is 4.74 Å². The Labute approximate surface area is 119 Å². The van der Waals surface area contributed by atoms with E-state index in [9.17, 15) is 0 Å². The molecule has 0 radical (unpaired) electrons. The Bertz CT molecular complexity index is 393. The van der Waals surface area contributed by atoms with Crippen molar-refractivity contribution in [2.24, 2.45) is 0 Å². The summed E-state index contributed by atoms with van der Waals surface area (Å²) in [6.45, 7) is 5.18. The number of ether oxygens (including phenoxy) is 1. The van der Waals surface area contributed by atoms with Crippen molar-refractivity contribution in [2.45, 2.75) is 0 Å². The number of thiocarbonyl (C=S) groups is 1. The molecule has 6 heteroatoms. The highest BCUT2D eigenvalue weighted by atomic mass is 32.1. The lowest BCUT2D eigenvalue weighted by atomic mass is 10.3. The van der Waals surface area contributed by atoms with Crippen LogP contribution in [0, 0.1) is 0 Å². The minimum atomic E-state index is 0.675. The molecule has 1 saturated heterocycles. The maximum absolute atomic E-state index is 5.37. The number of nitrogens with zero attached hydrogens (tertiary/aromatic N) is 3. The number of piperazine rings is 1. The molecule has 0 spiro atoms. The predicted octanol–water partition coefficient (Wildman–Crippen LogP) is 0.724. The maximum Gasteiger partial charge on any atom is 0.169 e. The van der Waals surface area contributed by atoms with E-state index in [1.807, 2.05) is 24.4 Å². The third-order valence-corrected chi connectivity index (χ3v) is 3.53. The van der Waals surface area contributed by atoms with Crippen molar-refractivity contribution in [1.82, 2.24) is 15.2 Å². The van der Waals surface area contributed by atoms with Crippen LogP contribution in [0.5, 0.6) is 0 Å². The first-order valence-electron chi connectivity index (χ1n) is 6.49. The molecule has 1 aliphatic rings. The fraction of sp³-hybridized carbons (Fsp3) is 0.538. The Morgan fingerprint density at radius 1 is 1.37 bits per heavy atom. The van der Waals surface area contributed by atoms with Crippen molar-refractivity contribution in [3.05, 3.63) is 24.4 Å². The summed E-state index contributed by atoms with van der Waals surface area (Å²) < 4.78 is 5.00. The number of anilines is 1. The van der Waals surface area contributed by atoms with Gasteiger partial charge in [0.15, 0.2) is 5.11 Å². The Morgan fingerprint density at radius 3 is 2.79 bits per heavy atom. The fourth-order valence-electron chi connectivity index (χ4n) is 2.05. The Hall–Kier alpha value is -1.40. The van der Waals surface area contributed by atoms with E-state index in [0.717, 1.165) is 43.7 Å². The molecule has 1 aromatic rings. The van der Waals surface area contributed by atoms with Gasteiger partial charge in [-0.25, -0.2) is 4.98 Å². The van der Waals surface area contributed by atoms with Crippen molar-refractivity contribution in [2.75, 3.05) is 51.3 Å². The zero-order valence-corrected chi connectivity index (χ0v) is 12.0. The van der Waals surface area contributed by atoms with E-state index in [-0.39, 0.29) is 0 Å². The lowest BCUT2D eigenvalue weighted by Crippen LogP contribution is -2.52. The zero-order valence-electron chi connectivity index (χ0n) is 11.2. The third-order valence-electron chi connectivity index (χ3n) is 3.12. The maximum atomic E-state index is 5.37. The molecule has 19 heavy (non-hydrogen) atoms. The number of pyridine rings is 1. The Balaban J connectivity index is 1.77. The van der Waals surface area contributed by atoms with Crippen LogP contribution in [0.2, 0.25) is 0 Å². The van der Waals surface area contributed by atoms with E-state index in [4.69, 9.17) is 17.0 Å². The monoisotopic (exact) mass is 280 g/mol. The second-order valence-corrected chi connectivity index (χ2v) is 4.77. The SMILES string of the molecule is COCCNC(=S)N1CCN(c2ccccn2)CC1. The smallest absolute Gasteiger partial charge is 0.169 e. The Kier molecular flexibility index (Phi) is 5.35. The number of aromatic nitrogens is 1. The molecule has 0 atom stereocenters. The number of nitrogens with one attached hydrogen (secondary N) is 1. The lowest BCUT2D eigenvalue weighted by molar-refractivity contribution is 0.202. The van der Waals surface area contributed by atoms with Gasteiger partial charge in [0, 0.05) is 46.0 Å². The molecule has 0 saturated carbocycles. The molecule has 0 aliphatic carbocycles. The predicted molar refractivity (Wildman–Crippen MR) is 80.5 cm³/mol. The van der Waals surface area contributed by atoms with Crippen molar-refractivity contribution in [1.29, 1.82) is 0 Å². The molecule has 2 rings (SSSR count). The van der Waals surface area contributed by atoms with Gasteiger partial charge in [-0.15, -0.1) is 0 Å². The molecule has 1 aliphatic heterocycles. The normalized spacial score (nSPS) is 15.4. The summed E-state index contributed by atoms with van der Waals surface area (Å²) in [6, 6.07) is 6.01. The van der Waals surface area contributed by atoms with Crippen LogP contribution in [0.25, 0.3) is 0 Å². The highest BCUT2D eigenvalue weighted by Gasteiger charge is 2.19. The van der Waals surface area contributed by atoms with Gasteiger partial charge in [-0.3, -0.25) is 0 Å². The van der Waals surface area contributed by atoms with Crippen molar-refractivity contribution in [3.63, 3.8) is 0 Å². The van der Waals surface area contributed by atoms with Gasteiger partial charge in [-0.1, -0.05) is 6.07 Å². The number of rotatable bonds is 4. The summed E-state index contributed by atoms with van der Waals surface area (Å²) >= 11 is 5.37. The first-order valence-corrected chi connectivity index (χ1v) is 6.90. The first-order chi connectivity index (χ1) is 9.31. The van der Waals surface area contributed by atoms with Crippen LogP contribution in [0.3, 0.4) is 0 Å². The first kappa shape index (κ1) is 14.0. The van der Waals surface area contributed by atoms with Crippen LogP contribution in [0.1, 0.15) is 0 Å². The Morgan fingerprint density at radius 2 is 2.16 bits per heavy atom. The zero-order chi connectivity index (χ0) is 13.5. The number of hydrogen-bond acceptors (Lipinski definition) is 4. The summed E-state index contributed by atoms with van der Waals surface area (Å²) in [4.78, 5) is 8.86. The van der Waals surface area contributed by atoms with Crippen molar-refractivity contribution in [3.8, 4) is 0 Å². The average molecular weight is 280 g/mol. The summed E-state index contributed by atoms with van der Waals surface area (Å²) in [5.74, 6) is 1.04. The van der Waals surface area contributed by atoms with E-state index in [1.165, 1.54) is 0 Å². The average Bonchev–Trinajstić information content (AvgIpc) is 2.48. The van der Waals surface area contributed by atoms with E-state index in [0.29, 0.717) is 6.61 Å². The summed E-state index contributed by atoms with van der Waals surface area (Å²) in [5, 5.41) is 4.02. The van der Waals surface area contributed by atoms with Gasteiger partial charge in [0.2, 0.25) is 0 Å². The molecule has 2 heterocycles. The molecule has 0 bridgehead atoms. The van der Waals surface area contributed by atoms with Gasteiger partial charge in [0.25, 0.3) is 0 Å². The van der Waals surface area contributed by atoms with Crippen LogP contribution >= 0.6 is 12.2 Å². The van der Waals surface area contributed by atoms with Crippen LogP contribution in [-0.4, -0.2) is 61.4 Å². The molecule has 0 aromatic carbocycles. The van der Waals surface area contributed by atoms with Crippen LogP contribution in [0.15, 0.2) is 24.4 Å². The minimum absolute atomic E-state index is 0.675. The second-order valence-electron chi connectivity index (χ2n) is 4.39. The summed E-state index contributed by atoms with van der Waals surface area (Å²) in [5.41, 5.74) is 0. The number of hydrogen-bond donors (Lipinski definition) is 1. The molecule has 5 nitrogen and oxygen atoms in total. The highest BCUT2D eigenvalue weighted by Crippen LogP contribution is 2.12. The molecule has 1 fully saturated rings. The number of methoxy groups -OCH3 is 1. The molecule has 1 N–H and O–H groups in total. The van der Waals surface area contributed by atoms with Gasteiger partial charge in [0.1, 0.15) is 5.82 Å². The third kappa shape index (κ3) is 4.04. The molecule has 1 aromatic heterocycles. The van der Waals surface area contributed by atoms with Gasteiger partial charge in [-0.05, 0) is 24.4 Å². The van der Waals surface area contributed by atoms with Crippen molar-refractivity contribution >= 4 is 23.1 Å². The van der Waals surface area contributed by atoms with E-state index in [1.54, 1.807) is 7.11 Å².